The molecule has 0 bridgehead atoms. The first-order valence-electron chi connectivity index (χ1n) is 7.99. The van der Waals surface area contributed by atoms with Crippen LogP contribution in [0.4, 0.5) is 4.39 Å². The van der Waals surface area contributed by atoms with Gasteiger partial charge in [-0.1, -0.05) is 36.0 Å². The average Bonchev–Trinajstić information content (AvgIpc) is 3.14. The molecule has 4 rings (SSSR count). The molecule has 9 heteroatoms. The van der Waals surface area contributed by atoms with E-state index in [2.05, 4.69) is 20.2 Å². The predicted molar refractivity (Wildman–Crippen MR) is 97.0 cm³/mol. The summed E-state index contributed by atoms with van der Waals surface area (Å²) in [6, 6.07) is 13.2. The number of hydrogen-bond acceptors (Lipinski definition) is 7. The summed E-state index contributed by atoms with van der Waals surface area (Å²) in [6.07, 6.45) is 0. The molecule has 0 aliphatic heterocycles. The van der Waals surface area contributed by atoms with Gasteiger partial charge in [-0.05, 0) is 24.3 Å². The van der Waals surface area contributed by atoms with E-state index in [-0.39, 0.29) is 23.8 Å². The minimum Gasteiger partial charge on any atom is -0.481 e. The number of ether oxygens (including phenoxy) is 1. The Labute approximate surface area is 156 Å². The van der Waals surface area contributed by atoms with Crippen molar-refractivity contribution in [2.45, 2.75) is 17.6 Å². The highest BCUT2D eigenvalue weighted by Crippen LogP contribution is 2.21. The first kappa shape index (κ1) is 17.2. The second kappa shape index (κ2) is 7.58. The molecule has 0 saturated carbocycles. The van der Waals surface area contributed by atoms with Gasteiger partial charge >= 0.3 is 0 Å². The third-order valence-electron chi connectivity index (χ3n) is 3.63. The molecule has 0 spiro atoms. The molecule has 1 N–H and O–H groups in total. The van der Waals surface area contributed by atoms with Gasteiger partial charge in [0, 0.05) is 0 Å². The highest BCUT2D eigenvalue weighted by atomic mass is 32.2. The second-order valence-electron chi connectivity index (χ2n) is 5.50. The van der Waals surface area contributed by atoms with Crippen molar-refractivity contribution in [3.8, 4) is 5.75 Å². The van der Waals surface area contributed by atoms with Gasteiger partial charge < -0.3 is 14.1 Å². The van der Waals surface area contributed by atoms with Crippen LogP contribution in [0, 0.1) is 5.82 Å². The SMILES string of the molecule is O=c1[nH]c(CSc2nnc(COc3ccccc3F)o2)nc2ccccc12. The molecule has 0 aliphatic carbocycles. The first-order valence-corrected chi connectivity index (χ1v) is 8.98. The lowest BCUT2D eigenvalue weighted by Crippen LogP contribution is -2.11. The Balaban J connectivity index is 1.40. The van der Waals surface area contributed by atoms with Gasteiger partial charge in [-0.3, -0.25) is 4.79 Å². The molecule has 4 aromatic rings. The molecule has 2 heterocycles. The van der Waals surface area contributed by atoms with Crippen molar-refractivity contribution < 1.29 is 13.5 Å². The van der Waals surface area contributed by atoms with Crippen LogP contribution >= 0.6 is 11.8 Å². The number of fused-ring (bicyclic) bond motifs is 1. The molecule has 0 fully saturated rings. The maximum absolute atomic E-state index is 13.5. The summed E-state index contributed by atoms with van der Waals surface area (Å²) in [5.74, 6) is 0.739. The number of aromatic amines is 1. The van der Waals surface area contributed by atoms with Crippen molar-refractivity contribution in [1.82, 2.24) is 20.2 Å². The van der Waals surface area contributed by atoms with E-state index < -0.39 is 5.82 Å². The lowest BCUT2D eigenvalue weighted by Gasteiger charge is -2.03. The third kappa shape index (κ3) is 3.98. The fourth-order valence-corrected chi connectivity index (χ4v) is 3.04. The fraction of sp³-hybridized carbons (Fsp3) is 0.111. The zero-order chi connectivity index (χ0) is 18.6. The topological polar surface area (TPSA) is 93.9 Å². The molecule has 0 aliphatic rings. The van der Waals surface area contributed by atoms with Crippen molar-refractivity contribution in [1.29, 1.82) is 0 Å². The van der Waals surface area contributed by atoms with Gasteiger partial charge in [0.15, 0.2) is 18.2 Å². The van der Waals surface area contributed by atoms with E-state index in [0.29, 0.717) is 27.7 Å². The van der Waals surface area contributed by atoms with Gasteiger partial charge in [0.2, 0.25) is 0 Å². The number of hydrogen-bond donors (Lipinski definition) is 1. The van der Waals surface area contributed by atoms with Gasteiger partial charge in [0.05, 0.1) is 16.7 Å². The quantitative estimate of drug-likeness (QED) is 0.510. The Kier molecular flexibility index (Phi) is 4.84. The van der Waals surface area contributed by atoms with Crippen molar-refractivity contribution >= 4 is 22.7 Å². The predicted octanol–water partition coefficient (Wildman–Crippen LogP) is 3.32. The maximum atomic E-state index is 13.5. The summed E-state index contributed by atoms with van der Waals surface area (Å²) in [5.41, 5.74) is 0.432. The number of halogens is 1. The molecule has 0 amide bonds. The van der Waals surface area contributed by atoms with E-state index in [1.165, 1.54) is 23.9 Å². The van der Waals surface area contributed by atoms with E-state index in [1.807, 2.05) is 6.07 Å². The van der Waals surface area contributed by atoms with Gasteiger partial charge in [-0.15, -0.1) is 10.2 Å². The Morgan fingerprint density at radius 1 is 1.11 bits per heavy atom. The molecular weight excluding hydrogens is 371 g/mol. The first-order chi connectivity index (χ1) is 13.2. The number of thioether (sulfide) groups is 1. The monoisotopic (exact) mass is 384 g/mol. The highest BCUT2D eigenvalue weighted by Gasteiger charge is 2.11. The van der Waals surface area contributed by atoms with Gasteiger partial charge in [0.25, 0.3) is 16.7 Å². The summed E-state index contributed by atoms with van der Waals surface area (Å²) < 4.78 is 24.3. The Bertz CT molecular complexity index is 1140. The van der Waals surface area contributed by atoms with Crippen LogP contribution < -0.4 is 10.3 Å². The van der Waals surface area contributed by atoms with Gasteiger partial charge in [0.1, 0.15) is 5.82 Å². The second-order valence-corrected chi connectivity index (χ2v) is 6.43. The standard InChI is InChI=1S/C18H13FN4O3S/c19-12-6-2-4-8-14(12)25-9-16-22-23-18(26-16)27-10-15-20-13-7-3-1-5-11(13)17(24)21-15/h1-8H,9-10H2,(H,20,21,24). The van der Waals surface area contributed by atoms with Crippen LogP contribution in [-0.2, 0) is 12.4 Å². The third-order valence-corrected chi connectivity index (χ3v) is 4.46. The van der Waals surface area contributed by atoms with Crippen LogP contribution in [0.1, 0.15) is 11.7 Å². The largest absolute Gasteiger partial charge is 0.481 e. The zero-order valence-corrected chi connectivity index (χ0v) is 14.7. The molecular formula is C18H13FN4O3S. The average molecular weight is 384 g/mol. The maximum Gasteiger partial charge on any atom is 0.277 e. The summed E-state index contributed by atoms with van der Waals surface area (Å²) in [4.78, 5) is 19.2. The number of aromatic nitrogens is 4. The molecule has 0 saturated heterocycles. The molecule has 0 radical (unpaired) electrons. The van der Waals surface area contributed by atoms with E-state index in [9.17, 15) is 9.18 Å². The van der Waals surface area contributed by atoms with E-state index in [1.54, 1.807) is 30.3 Å². The smallest absolute Gasteiger partial charge is 0.277 e. The molecule has 2 aromatic carbocycles. The van der Waals surface area contributed by atoms with Crippen molar-refractivity contribution in [3.63, 3.8) is 0 Å². The normalized spacial score (nSPS) is 11.0. The van der Waals surface area contributed by atoms with E-state index in [0.717, 1.165) is 0 Å². The Morgan fingerprint density at radius 3 is 2.81 bits per heavy atom. The number of nitrogens with one attached hydrogen (secondary N) is 1. The lowest BCUT2D eigenvalue weighted by molar-refractivity contribution is 0.242. The molecule has 136 valence electrons. The molecule has 0 unspecified atom stereocenters. The number of benzene rings is 2. The summed E-state index contributed by atoms with van der Waals surface area (Å²) in [6.45, 7) is -0.0421. The minimum absolute atomic E-state index is 0.0421. The number of nitrogens with zero attached hydrogens (tertiary/aromatic N) is 3. The van der Waals surface area contributed by atoms with E-state index >= 15 is 0 Å². The van der Waals surface area contributed by atoms with Crippen LogP contribution in [0.5, 0.6) is 5.75 Å². The summed E-state index contributed by atoms with van der Waals surface area (Å²) >= 11 is 1.23. The van der Waals surface area contributed by atoms with Crippen molar-refractivity contribution in [2.24, 2.45) is 0 Å². The Hall–Kier alpha value is -3.20. The van der Waals surface area contributed by atoms with Gasteiger partial charge in [-0.25, -0.2) is 9.37 Å². The van der Waals surface area contributed by atoms with Gasteiger partial charge in [-0.2, -0.15) is 0 Å². The lowest BCUT2D eigenvalue weighted by atomic mass is 10.2. The zero-order valence-electron chi connectivity index (χ0n) is 13.9. The molecule has 27 heavy (non-hydrogen) atoms. The summed E-state index contributed by atoms with van der Waals surface area (Å²) in [7, 11) is 0. The highest BCUT2D eigenvalue weighted by molar-refractivity contribution is 7.98. The van der Waals surface area contributed by atoms with Crippen LogP contribution in [-0.4, -0.2) is 20.2 Å². The number of para-hydroxylation sites is 2. The molecule has 2 aromatic heterocycles. The molecule has 7 nitrogen and oxygen atoms in total. The van der Waals surface area contributed by atoms with Crippen molar-refractivity contribution in [2.75, 3.05) is 0 Å². The van der Waals surface area contributed by atoms with Crippen LogP contribution in [0.3, 0.4) is 0 Å². The fourth-order valence-electron chi connectivity index (χ4n) is 2.39. The van der Waals surface area contributed by atoms with E-state index in [4.69, 9.17) is 9.15 Å². The minimum atomic E-state index is -0.460. The Morgan fingerprint density at radius 2 is 1.93 bits per heavy atom. The van der Waals surface area contributed by atoms with Crippen LogP contribution in [0.15, 0.2) is 63.0 Å². The van der Waals surface area contributed by atoms with Crippen LogP contribution in [0.2, 0.25) is 0 Å². The summed E-state index contributed by atoms with van der Waals surface area (Å²) in [5, 5.41) is 8.61. The van der Waals surface area contributed by atoms with Crippen LogP contribution in [0.25, 0.3) is 10.9 Å². The molecule has 0 atom stereocenters. The number of H-pyrrole nitrogens is 1. The van der Waals surface area contributed by atoms with Crippen molar-refractivity contribution in [3.05, 3.63) is 76.4 Å². The number of rotatable bonds is 6.